The first-order valence-electron chi connectivity index (χ1n) is 6.62. The van der Waals surface area contributed by atoms with Gasteiger partial charge in [0.2, 0.25) is 10.0 Å². The van der Waals surface area contributed by atoms with Crippen molar-refractivity contribution in [3.05, 3.63) is 59.3 Å². The molecule has 2 rings (SSSR count). The highest BCUT2D eigenvalue weighted by molar-refractivity contribution is 7.88. The molecule has 6 nitrogen and oxygen atoms in total. The lowest BCUT2D eigenvalue weighted by molar-refractivity contribution is 0.587. The van der Waals surface area contributed by atoms with Crippen molar-refractivity contribution in [1.29, 1.82) is 5.26 Å². The molecule has 0 saturated carbocycles. The molecule has 1 heterocycles. The summed E-state index contributed by atoms with van der Waals surface area (Å²) in [7, 11) is -1.94. The topological polar surface area (TPSA) is 94.9 Å². The van der Waals surface area contributed by atoms with Gasteiger partial charge in [0.1, 0.15) is 11.9 Å². The summed E-state index contributed by atoms with van der Waals surface area (Å²) in [5, 5.41) is 12.1. The summed E-state index contributed by atoms with van der Waals surface area (Å²) in [5.74, 6) is 0.394. The third-order valence-electron chi connectivity index (χ3n) is 3.15. The van der Waals surface area contributed by atoms with Crippen LogP contribution in [0.2, 0.25) is 0 Å². The second-order valence-corrected chi connectivity index (χ2v) is 6.52. The van der Waals surface area contributed by atoms with Crippen LogP contribution in [0.1, 0.15) is 16.7 Å². The Bertz CT molecular complexity index is 797. The quantitative estimate of drug-likeness (QED) is 0.844. The van der Waals surface area contributed by atoms with Crippen molar-refractivity contribution in [2.45, 2.75) is 12.3 Å². The molecule has 0 amide bonds. The summed E-state index contributed by atoms with van der Waals surface area (Å²) in [5.41, 5.74) is 2.00. The molecule has 7 heteroatoms. The molecule has 0 saturated heterocycles. The minimum absolute atomic E-state index is 0.0886. The van der Waals surface area contributed by atoms with Crippen LogP contribution in [-0.4, -0.2) is 20.4 Å². The van der Waals surface area contributed by atoms with Crippen molar-refractivity contribution < 1.29 is 8.42 Å². The maximum atomic E-state index is 11.7. The number of hydrogen-bond acceptors (Lipinski definition) is 5. The molecule has 0 aliphatic heterocycles. The summed E-state index contributed by atoms with van der Waals surface area (Å²) in [6.07, 6.45) is 1.60. The summed E-state index contributed by atoms with van der Waals surface area (Å²) < 4.78 is 25.7. The number of sulfonamides is 1. The highest BCUT2D eigenvalue weighted by Gasteiger charge is 2.12. The molecule has 1 aromatic heterocycles. The Morgan fingerprint density at radius 1 is 1.18 bits per heavy atom. The molecular weight excluding hydrogens is 300 g/mol. The van der Waals surface area contributed by atoms with Crippen LogP contribution in [0.25, 0.3) is 0 Å². The van der Waals surface area contributed by atoms with Crippen molar-refractivity contribution >= 4 is 15.8 Å². The van der Waals surface area contributed by atoms with Gasteiger partial charge in [-0.2, -0.15) is 5.26 Å². The van der Waals surface area contributed by atoms with E-state index in [-0.39, 0.29) is 5.75 Å². The summed E-state index contributed by atoms with van der Waals surface area (Å²) in [6.45, 7) is 0.390. The zero-order valence-corrected chi connectivity index (χ0v) is 12.9. The minimum atomic E-state index is -3.34. The van der Waals surface area contributed by atoms with Gasteiger partial charge in [0.25, 0.3) is 0 Å². The molecule has 0 radical (unpaired) electrons. The van der Waals surface area contributed by atoms with E-state index in [4.69, 9.17) is 5.26 Å². The Morgan fingerprint density at radius 3 is 2.59 bits per heavy atom. The second-order valence-electron chi connectivity index (χ2n) is 4.60. The molecule has 0 aliphatic carbocycles. The number of nitrogens with one attached hydrogen (secondary N) is 2. The third-order valence-corrected chi connectivity index (χ3v) is 4.46. The van der Waals surface area contributed by atoms with Gasteiger partial charge in [0, 0.05) is 12.7 Å². The number of anilines is 1. The van der Waals surface area contributed by atoms with Crippen molar-refractivity contribution in [1.82, 2.24) is 9.71 Å². The van der Waals surface area contributed by atoms with Crippen LogP contribution in [0.5, 0.6) is 0 Å². The molecule has 2 aromatic rings. The molecule has 0 atom stereocenters. The summed E-state index contributed by atoms with van der Waals surface area (Å²) in [4.78, 5) is 4.12. The lowest BCUT2D eigenvalue weighted by Crippen LogP contribution is -2.21. The van der Waals surface area contributed by atoms with Gasteiger partial charge in [-0.25, -0.2) is 18.1 Å². The Labute approximate surface area is 129 Å². The Balaban J connectivity index is 2.19. The van der Waals surface area contributed by atoms with E-state index in [1.807, 2.05) is 12.1 Å². The summed E-state index contributed by atoms with van der Waals surface area (Å²) in [6, 6.07) is 12.7. The zero-order valence-electron chi connectivity index (χ0n) is 12.1. The molecule has 22 heavy (non-hydrogen) atoms. The molecule has 0 bridgehead atoms. The van der Waals surface area contributed by atoms with Gasteiger partial charge in [-0.15, -0.1) is 0 Å². The van der Waals surface area contributed by atoms with E-state index in [0.717, 1.165) is 5.56 Å². The fraction of sp³-hybridized carbons (Fsp3) is 0.200. The van der Waals surface area contributed by atoms with Gasteiger partial charge in [-0.3, -0.25) is 0 Å². The van der Waals surface area contributed by atoms with E-state index in [0.29, 0.717) is 23.5 Å². The maximum Gasteiger partial charge on any atom is 0.215 e. The minimum Gasteiger partial charge on any atom is -0.365 e. The van der Waals surface area contributed by atoms with E-state index in [1.165, 1.54) is 7.05 Å². The number of benzene rings is 1. The average Bonchev–Trinajstić information content (AvgIpc) is 2.54. The normalized spacial score (nSPS) is 10.9. The average molecular weight is 316 g/mol. The van der Waals surface area contributed by atoms with E-state index in [9.17, 15) is 8.42 Å². The number of rotatable bonds is 6. The SMILES string of the molecule is CNS(=O)(=O)Cc1ccccc1CNc1ncccc1C#N. The van der Waals surface area contributed by atoms with Gasteiger partial charge in [-0.05, 0) is 30.3 Å². The van der Waals surface area contributed by atoms with Crippen molar-refractivity contribution in [2.75, 3.05) is 12.4 Å². The van der Waals surface area contributed by atoms with Gasteiger partial charge < -0.3 is 5.32 Å². The van der Waals surface area contributed by atoms with E-state index in [2.05, 4.69) is 21.1 Å². The third kappa shape index (κ3) is 4.04. The second kappa shape index (κ2) is 7.02. The molecule has 0 unspecified atom stereocenters. The molecule has 1 aromatic carbocycles. The van der Waals surface area contributed by atoms with Gasteiger partial charge in [0.05, 0.1) is 11.3 Å². The Hall–Kier alpha value is -2.43. The fourth-order valence-electron chi connectivity index (χ4n) is 1.96. The first-order valence-corrected chi connectivity index (χ1v) is 8.28. The van der Waals surface area contributed by atoms with Crippen LogP contribution in [0, 0.1) is 11.3 Å². The van der Waals surface area contributed by atoms with E-state index >= 15 is 0 Å². The maximum absolute atomic E-state index is 11.7. The smallest absolute Gasteiger partial charge is 0.215 e. The lowest BCUT2D eigenvalue weighted by atomic mass is 10.1. The van der Waals surface area contributed by atoms with Gasteiger partial charge in [-0.1, -0.05) is 24.3 Å². The number of aromatic nitrogens is 1. The summed E-state index contributed by atoms with van der Waals surface area (Å²) >= 11 is 0. The standard InChI is InChI=1S/C15H16N4O2S/c1-17-22(20,21)11-14-6-3-2-5-13(14)10-19-15-12(9-16)7-4-8-18-15/h2-8,17H,10-11H2,1H3,(H,18,19). The monoisotopic (exact) mass is 316 g/mol. The molecule has 0 aliphatic rings. The van der Waals surface area contributed by atoms with Crippen LogP contribution in [-0.2, 0) is 22.3 Å². The molecule has 0 fully saturated rings. The van der Waals surface area contributed by atoms with Crippen LogP contribution in [0.4, 0.5) is 5.82 Å². The number of hydrogen-bond donors (Lipinski definition) is 2. The van der Waals surface area contributed by atoms with E-state index in [1.54, 1.807) is 30.5 Å². The highest BCUT2D eigenvalue weighted by Crippen LogP contribution is 2.16. The van der Waals surface area contributed by atoms with Gasteiger partial charge in [0.15, 0.2) is 0 Å². The number of pyridine rings is 1. The number of nitrogens with zero attached hydrogens (tertiary/aromatic N) is 2. The fourth-order valence-corrected chi connectivity index (χ4v) is 2.80. The molecular formula is C15H16N4O2S. The zero-order chi connectivity index (χ0) is 16.0. The first-order chi connectivity index (χ1) is 10.6. The Morgan fingerprint density at radius 2 is 1.91 bits per heavy atom. The predicted molar refractivity (Wildman–Crippen MR) is 84.4 cm³/mol. The lowest BCUT2D eigenvalue weighted by Gasteiger charge is -2.11. The van der Waals surface area contributed by atoms with Crippen molar-refractivity contribution in [3.8, 4) is 6.07 Å². The highest BCUT2D eigenvalue weighted by atomic mass is 32.2. The molecule has 0 spiro atoms. The van der Waals surface area contributed by atoms with Crippen LogP contribution in [0.3, 0.4) is 0 Å². The Kier molecular flexibility index (Phi) is 5.09. The van der Waals surface area contributed by atoms with Crippen LogP contribution in [0.15, 0.2) is 42.6 Å². The van der Waals surface area contributed by atoms with E-state index < -0.39 is 10.0 Å². The van der Waals surface area contributed by atoms with Crippen LogP contribution < -0.4 is 10.0 Å². The van der Waals surface area contributed by atoms with Crippen molar-refractivity contribution in [3.63, 3.8) is 0 Å². The number of nitriles is 1. The molecule has 2 N–H and O–H groups in total. The largest absolute Gasteiger partial charge is 0.365 e. The first kappa shape index (κ1) is 15.9. The van der Waals surface area contributed by atoms with Crippen molar-refractivity contribution in [2.24, 2.45) is 0 Å². The molecule has 114 valence electrons. The van der Waals surface area contributed by atoms with Gasteiger partial charge >= 0.3 is 0 Å². The predicted octanol–water partition coefficient (Wildman–Crippen LogP) is 1.61. The van der Waals surface area contributed by atoms with Crippen LogP contribution >= 0.6 is 0 Å².